The Morgan fingerprint density at radius 3 is 2.75 bits per heavy atom. The number of hydrogen-bond acceptors (Lipinski definition) is 4. The zero-order valence-electron chi connectivity index (χ0n) is 9.31. The first-order valence-corrected chi connectivity index (χ1v) is 5.37. The van der Waals surface area contributed by atoms with E-state index in [1.54, 1.807) is 12.3 Å². The fourth-order valence-corrected chi connectivity index (χ4v) is 1.88. The maximum Gasteiger partial charge on any atom is 0.252 e. The lowest BCUT2D eigenvalue weighted by molar-refractivity contribution is 0.100. The average Bonchev–Trinajstić information content (AvgIpc) is 2.14. The predicted molar refractivity (Wildman–Crippen MR) is 63.2 cm³/mol. The minimum Gasteiger partial charge on any atom is -0.397 e. The molecule has 0 aliphatic heterocycles. The molecular formula is C11H16N4O. The van der Waals surface area contributed by atoms with E-state index in [9.17, 15) is 4.79 Å². The molecule has 86 valence electrons. The first-order chi connectivity index (χ1) is 7.59. The summed E-state index contributed by atoms with van der Waals surface area (Å²) in [7, 11) is 1.94. The fraction of sp³-hybridized carbons (Fsp3) is 0.455. The van der Waals surface area contributed by atoms with Crippen LogP contribution in [0.1, 0.15) is 29.6 Å². The van der Waals surface area contributed by atoms with Gasteiger partial charge in [-0.25, -0.2) is 4.98 Å². The van der Waals surface area contributed by atoms with Crippen molar-refractivity contribution in [2.24, 2.45) is 5.73 Å². The van der Waals surface area contributed by atoms with Gasteiger partial charge in [-0.05, 0) is 25.3 Å². The van der Waals surface area contributed by atoms with Gasteiger partial charge in [-0.3, -0.25) is 4.79 Å². The van der Waals surface area contributed by atoms with E-state index in [2.05, 4.69) is 4.98 Å². The second kappa shape index (κ2) is 4.00. The highest BCUT2D eigenvalue weighted by atomic mass is 16.1. The van der Waals surface area contributed by atoms with E-state index >= 15 is 0 Å². The maximum atomic E-state index is 11.3. The summed E-state index contributed by atoms with van der Waals surface area (Å²) in [6.07, 6.45) is 5.06. The molecule has 1 fully saturated rings. The van der Waals surface area contributed by atoms with Gasteiger partial charge in [0.2, 0.25) is 0 Å². The Morgan fingerprint density at radius 2 is 2.25 bits per heavy atom. The van der Waals surface area contributed by atoms with Gasteiger partial charge < -0.3 is 16.4 Å². The summed E-state index contributed by atoms with van der Waals surface area (Å²) in [5.74, 6) is 0.146. The molecule has 0 unspecified atom stereocenters. The molecule has 5 nitrogen and oxygen atoms in total. The predicted octanol–water partition coefficient (Wildman–Crippen LogP) is 0.751. The Balaban J connectivity index is 2.34. The molecule has 1 aromatic heterocycles. The molecule has 1 aliphatic carbocycles. The summed E-state index contributed by atoms with van der Waals surface area (Å²) in [6.45, 7) is 0. The summed E-state index contributed by atoms with van der Waals surface area (Å²) >= 11 is 0. The number of primary amides is 1. The third-order valence-electron chi connectivity index (χ3n) is 3.11. The summed E-state index contributed by atoms with van der Waals surface area (Å²) in [5, 5.41) is 0. The van der Waals surface area contributed by atoms with E-state index in [1.165, 1.54) is 6.42 Å². The molecule has 1 saturated carbocycles. The van der Waals surface area contributed by atoms with Gasteiger partial charge in [0.15, 0.2) is 0 Å². The highest BCUT2D eigenvalue weighted by Crippen LogP contribution is 2.29. The van der Waals surface area contributed by atoms with Crippen molar-refractivity contribution in [3.63, 3.8) is 0 Å². The number of hydrogen-bond donors (Lipinski definition) is 2. The second-order valence-corrected chi connectivity index (χ2v) is 4.20. The van der Waals surface area contributed by atoms with Crippen LogP contribution in [-0.2, 0) is 0 Å². The zero-order valence-corrected chi connectivity index (χ0v) is 9.31. The maximum absolute atomic E-state index is 11.3. The van der Waals surface area contributed by atoms with Crippen LogP contribution in [0.2, 0.25) is 0 Å². The molecule has 1 amide bonds. The molecule has 4 N–H and O–H groups in total. The van der Waals surface area contributed by atoms with E-state index in [-0.39, 0.29) is 0 Å². The fourth-order valence-electron chi connectivity index (χ4n) is 1.88. The molecule has 0 aromatic carbocycles. The lowest BCUT2D eigenvalue weighted by Gasteiger charge is -2.36. The Kier molecular flexibility index (Phi) is 2.68. The quantitative estimate of drug-likeness (QED) is 0.787. The number of aromatic nitrogens is 1. The van der Waals surface area contributed by atoms with Crippen molar-refractivity contribution in [3.05, 3.63) is 17.8 Å². The van der Waals surface area contributed by atoms with Crippen LogP contribution in [0.4, 0.5) is 11.5 Å². The number of nitrogens with zero attached hydrogens (tertiary/aromatic N) is 2. The molecule has 0 atom stereocenters. The standard InChI is InChI=1S/C11H16N4O/c1-15(8-3-2-4-8)11-9(10(13)16)5-7(12)6-14-11/h5-6,8H,2-4,12H2,1H3,(H2,13,16). The summed E-state index contributed by atoms with van der Waals surface area (Å²) in [4.78, 5) is 17.5. The van der Waals surface area contributed by atoms with Gasteiger partial charge in [-0.15, -0.1) is 0 Å². The molecule has 1 heterocycles. The summed E-state index contributed by atoms with van der Waals surface area (Å²) in [5.41, 5.74) is 11.8. The van der Waals surface area contributed by atoms with Crippen LogP contribution in [-0.4, -0.2) is 24.0 Å². The third kappa shape index (κ3) is 1.80. The van der Waals surface area contributed by atoms with Crippen molar-refractivity contribution < 1.29 is 4.79 Å². The molecule has 5 heteroatoms. The van der Waals surface area contributed by atoms with E-state index in [0.29, 0.717) is 23.1 Å². The van der Waals surface area contributed by atoms with Gasteiger partial charge in [0, 0.05) is 13.1 Å². The van der Waals surface area contributed by atoms with E-state index in [0.717, 1.165) is 12.8 Å². The smallest absolute Gasteiger partial charge is 0.252 e. The Hall–Kier alpha value is -1.78. The SMILES string of the molecule is CN(c1ncc(N)cc1C(N)=O)C1CCC1. The van der Waals surface area contributed by atoms with Gasteiger partial charge in [0.05, 0.1) is 17.4 Å². The van der Waals surface area contributed by atoms with Crippen molar-refractivity contribution in [3.8, 4) is 0 Å². The number of rotatable bonds is 3. The van der Waals surface area contributed by atoms with Gasteiger partial charge in [-0.1, -0.05) is 0 Å². The monoisotopic (exact) mass is 220 g/mol. The van der Waals surface area contributed by atoms with E-state index in [1.807, 2.05) is 11.9 Å². The normalized spacial score (nSPS) is 15.6. The number of carbonyl (C=O) groups excluding carboxylic acids is 1. The first kappa shape index (κ1) is 10.7. The lowest BCUT2D eigenvalue weighted by atomic mass is 9.91. The van der Waals surface area contributed by atoms with Gasteiger partial charge in [0.1, 0.15) is 5.82 Å². The molecule has 1 aromatic rings. The van der Waals surface area contributed by atoms with Crippen LogP contribution in [0.5, 0.6) is 0 Å². The van der Waals surface area contributed by atoms with Gasteiger partial charge in [-0.2, -0.15) is 0 Å². The molecule has 2 rings (SSSR count). The molecule has 0 bridgehead atoms. The van der Waals surface area contributed by atoms with Crippen LogP contribution in [0.25, 0.3) is 0 Å². The van der Waals surface area contributed by atoms with E-state index < -0.39 is 5.91 Å². The highest BCUT2D eigenvalue weighted by molar-refractivity contribution is 5.98. The van der Waals surface area contributed by atoms with Crippen molar-refractivity contribution in [2.75, 3.05) is 17.7 Å². The summed E-state index contributed by atoms with van der Waals surface area (Å²) < 4.78 is 0. The number of nitrogen functional groups attached to an aromatic ring is 1. The lowest BCUT2D eigenvalue weighted by Crippen LogP contribution is -2.38. The molecule has 0 spiro atoms. The average molecular weight is 220 g/mol. The van der Waals surface area contributed by atoms with Crippen LogP contribution in [0.3, 0.4) is 0 Å². The van der Waals surface area contributed by atoms with Gasteiger partial charge in [0.25, 0.3) is 5.91 Å². The highest BCUT2D eigenvalue weighted by Gasteiger charge is 2.25. The van der Waals surface area contributed by atoms with Crippen LogP contribution in [0.15, 0.2) is 12.3 Å². The van der Waals surface area contributed by atoms with E-state index in [4.69, 9.17) is 11.5 Å². The molecular weight excluding hydrogens is 204 g/mol. The Bertz CT molecular complexity index is 414. The molecule has 16 heavy (non-hydrogen) atoms. The Labute approximate surface area is 94.4 Å². The van der Waals surface area contributed by atoms with Crippen LogP contribution >= 0.6 is 0 Å². The molecule has 0 radical (unpaired) electrons. The number of carbonyl (C=O) groups is 1. The second-order valence-electron chi connectivity index (χ2n) is 4.20. The molecule has 1 aliphatic rings. The number of pyridine rings is 1. The van der Waals surface area contributed by atoms with Crippen molar-refractivity contribution in [1.29, 1.82) is 0 Å². The number of nitrogens with two attached hydrogens (primary N) is 2. The van der Waals surface area contributed by atoms with Crippen LogP contribution in [0, 0.1) is 0 Å². The minimum atomic E-state index is -0.485. The largest absolute Gasteiger partial charge is 0.397 e. The van der Waals surface area contributed by atoms with Crippen molar-refractivity contribution in [2.45, 2.75) is 25.3 Å². The first-order valence-electron chi connectivity index (χ1n) is 5.37. The minimum absolute atomic E-state index is 0.398. The van der Waals surface area contributed by atoms with Gasteiger partial charge >= 0.3 is 0 Å². The third-order valence-corrected chi connectivity index (χ3v) is 3.11. The molecule has 0 saturated heterocycles. The number of anilines is 2. The zero-order chi connectivity index (χ0) is 11.7. The van der Waals surface area contributed by atoms with Crippen molar-refractivity contribution >= 4 is 17.4 Å². The van der Waals surface area contributed by atoms with Crippen LogP contribution < -0.4 is 16.4 Å². The topological polar surface area (TPSA) is 85.2 Å². The van der Waals surface area contributed by atoms with Crippen molar-refractivity contribution in [1.82, 2.24) is 4.98 Å². The number of amides is 1. The summed E-state index contributed by atoms with van der Waals surface area (Å²) in [6, 6.07) is 2.05. The Morgan fingerprint density at radius 1 is 1.56 bits per heavy atom.